The van der Waals surface area contributed by atoms with E-state index in [9.17, 15) is 9.18 Å². The van der Waals surface area contributed by atoms with Crippen LogP contribution < -0.4 is 0 Å². The van der Waals surface area contributed by atoms with Gasteiger partial charge in [-0.1, -0.05) is 11.2 Å². The van der Waals surface area contributed by atoms with Crippen molar-refractivity contribution in [2.24, 2.45) is 0 Å². The highest BCUT2D eigenvalue weighted by Gasteiger charge is 2.14. The molecule has 3 aromatic rings. The van der Waals surface area contributed by atoms with Crippen LogP contribution in [0.2, 0.25) is 0 Å². The minimum absolute atomic E-state index is 0.230. The van der Waals surface area contributed by atoms with E-state index >= 15 is 0 Å². The molecular weight excluding hydrogens is 267 g/mol. The van der Waals surface area contributed by atoms with Crippen LogP contribution in [0.25, 0.3) is 16.9 Å². The van der Waals surface area contributed by atoms with Gasteiger partial charge in [0.1, 0.15) is 29.9 Å². The summed E-state index contributed by atoms with van der Waals surface area (Å²) < 4.78 is 19.9. The van der Waals surface area contributed by atoms with E-state index in [2.05, 4.69) is 19.8 Å². The summed E-state index contributed by atoms with van der Waals surface area (Å²) in [5.74, 6) is -2.07. The topological polar surface area (TPSA) is 94.0 Å². The van der Waals surface area contributed by atoms with Gasteiger partial charge in [-0.05, 0) is 12.1 Å². The van der Waals surface area contributed by atoms with Gasteiger partial charge in [-0.2, -0.15) is 5.10 Å². The molecule has 8 heteroatoms. The van der Waals surface area contributed by atoms with Crippen LogP contribution in [0.5, 0.6) is 0 Å². The number of nitrogens with zero attached hydrogens (tertiary/aromatic N) is 4. The molecule has 7 nitrogen and oxygen atoms in total. The van der Waals surface area contributed by atoms with Gasteiger partial charge in [0.2, 0.25) is 5.76 Å². The Bertz CT molecular complexity index is 767. The molecule has 0 spiro atoms. The summed E-state index contributed by atoms with van der Waals surface area (Å²) in [6, 6.07) is 5.53. The van der Waals surface area contributed by atoms with Crippen molar-refractivity contribution in [3.05, 3.63) is 48.5 Å². The summed E-state index contributed by atoms with van der Waals surface area (Å²) in [6.07, 6.45) is 2.67. The van der Waals surface area contributed by atoms with E-state index in [1.165, 1.54) is 35.5 Å². The van der Waals surface area contributed by atoms with Crippen LogP contribution in [-0.2, 0) is 0 Å². The van der Waals surface area contributed by atoms with Crippen molar-refractivity contribution in [1.29, 1.82) is 0 Å². The fourth-order valence-corrected chi connectivity index (χ4v) is 1.70. The number of carbonyl (C=O) groups is 1. The van der Waals surface area contributed by atoms with Crippen LogP contribution in [0.15, 0.2) is 41.4 Å². The van der Waals surface area contributed by atoms with Gasteiger partial charge in [0.15, 0.2) is 0 Å². The van der Waals surface area contributed by atoms with Crippen molar-refractivity contribution in [1.82, 2.24) is 19.9 Å². The van der Waals surface area contributed by atoms with Gasteiger partial charge in [0.25, 0.3) is 0 Å². The SMILES string of the molecule is O=C(O)c1cc(-c2ccc(-n3cncn3)c(F)c2)no1. The Hall–Kier alpha value is -3.03. The lowest BCUT2D eigenvalue weighted by atomic mass is 10.1. The molecule has 0 aliphatic carbocycles. The summed E-state index contributed by atoms with van der Waals surface area (Å²) in [4.78, 5) is 14.4. The Kier molecular flexibility index (Phi) is 2.75. The molecule has 0 amide bonds. The molecule has 1 aromatic carbocycles. The molecule has 1 N–H and O–H groups in total. The van der Waals surface area contributed by atoms with Crippen molar-refractivity contribution in [3.63, 3.8) is 0 Å². The largest absolute Gasteiger partial charge is 0.475 e. The average Bonchev–Trinajstić information content (AvgIpc) is 3.10. The molecular formula is C12H7FN4O3. The third-order valence-electron chi connectivity index (χ3n) is 2.63. The van der Waals surface area contributed by atoms with Gasteiger partial charge >= 0.3 is 5.97 Å². The van der Waals surface area contributed by atoms with Gasteiger partial charge in [-0.25, -0.2) is 18.9 Å². The lowest BCUT2D eigenvalue weighted by molar-refractivity contribution is 0.0652. The third-order valence-corrected chi connectivity index (χ3v) is 2.63. The fraction of sp³-hybridized carbons (Fsp3) is 0. The lowest BCUT2D eigenvalue weighted by Crippen LogP contribution is -1.98. The van der Waals surface area contributed by atoms with Crippen LogP contribution in [0, 0.1) is 5.82 Å². The number of carboxylic acid groups (broad SMARTS) is 1. The molecule has 0 radical (unpaired) electrons. The Morgan fingerprint density at radius 1 is 1.35 bits per heavy atom. The highest BCUT2D eigenvalue weighted by atomic mass is 19.1. The predicted molar refractivity (Wildman–Crippen MR) is 63.8 cm³/mol. The van der Waals surface area contributed by atoms with Crippen LogP contribution in [0.1, 0.15) is 10.6 Å². The first kappa shape index (κ1) is 12.0. The summed E-state index contributed by atoms with van der Waals surface area (Å²) in [7, 11) is 0. The smallest absolute Gasteiger partial charge is 0.374 e. The third kappa shape index (κ3) is 2.03. The second-order valence-corrected chi connectivity index (χ2v) is 3.89. The van der Waals surface area contributed by atoms with Gasteiger partial charge < -0.3 is 9.63 Å². The first-order valence-corrected chi connectivity index (χ1v) is 5.50. The van der Waals surface area contributed by atoms with Crippen molar-refractivity contribution in [3.8, 4) is 16.9 Å². The second-order valence-electron chi connectivity index (χ2n) is 3.89. The van der Waals surface area contributed by atoms with E-state index in [4.69, 9.17) is 5.11 Å². The summed E-state index contributed by atoms with van der Waals surface area (Å²) in [5, 5.41) is 16.2. The first-order valence-electron chi connectivity index (χ1n) is 5.50. The Balaban J connectivity index is 1.99. The minimum Gasteiger partial charge on any atom is -0.475 e. The van der Waals surface area contributed by atoms with Gasteiger partial charge in [-0.15, -0.1) is 0 Å². The van der Waals surface area contributed by atoms with E-state index in [0.717, 1.165) is 0 Å². The molecule has 0 bridgehead atoms. The zero-order valence-corrected chi connectivity index (χ0v) is 9.89. The summed E-state index contributed by atoms with van der Waals surface area (Å²) in [6.45, 7) is 0. The average molecular weight is 274 g/mol. The van der Waals surface area contributed by atoms with Crippen LogP contribution in [-0.4, -0.2) is 31.0 Å². The number of aromatic carboxylic acids is 1. The second kappa shape index (κ2) is 4.57. The van der Waals surface area contributed by atoms with Crippen LogP contribution in [0.4, 0.5) is 4.39 Å². The number of aromatic nitrogens is 4. The van der Waals surface area contributed by atoms with Crippen molar-refractivity contribution < 1.29 is 18.8 Å². The Morgan fingerprint density at radius 2 is 2.20 bits per heavy atom. The number of benzene rings is 1. The molecule has 0 saturated heterocycles. The predicted octanol–water partition coefficient (Wildman–Crippen LogP) is 1.76. The maximum atomic E-state index is 14.0. The van der Waals surface area contributed by atoms with Gasteiger partial charge in [0.05, 0.1) is 0 Å². The van der Waals surface area contributed by atoms with E-state index in [-0.39, 0.29) is 17.1 Å². The zero-order valence-electron chi connectivity index (χ0n) is 9.89. The quantitative estimate of drug-likeness (QED) is 0.782. The van der Waals surface area contributed by atoms with Gasteiger partial charge in [0, 0.05) is 11.6 Å². The van der Waals surface area contributed by atoms with Gasteiger partial charge in [-0.3, -0.25) is 0 Å². The van der Waals surface area contributed by atoms with E-state index in [1.807, 2.05) is 0 Å². The normalized spacial score (nSPS) is 10.7. The number of hydrogen-bond donors (Lipinski definition) is 1. The molecule has 2 heterocycles. The van der Waals surface area contributed by atoms with E-state index in [0.29, 0.717) is 5.56 Å². The summed E-state index contributed by atoms with van der Waals surface area (Å²) >= 11 is 0. The fourth-order valence-electron chi connectivity index (χ4n) is 1.70. The first-order chi connectivity index (χ1) is 9.65. The zero-order chi connectivity index (χ0) is 14.1. The van der Waals surface area contributed by atoms with E-state index in [1.54, 1.807) is 6.07 Å². The maximum absolute atomic E-state index is 14.0. The van der Waals surface area contributed by atoms with Crippen molar-refractivity contribution in [2.45, 2.75) is 0 Å². The minimum atomic E-state index is -1.23. The lowest BCUT2D eigenvalue weighted by Gasteiger charge is -2.03. The number of hydrogen-bond acceptors (Lipinski definition) is 5. The molecule has 0 aliphatic rings. The molecule has 3 rings (SSSR count). The van der Waals surface area contributed by atoms with Crippen molar-refractivity contribution >= 4 is 5.97 Å². The van der Waals surface area contributed by atoms with E-state index < -0.39 is 11.8 Å². The molecule has 20 heavy (non-hydrogen) atoms. The number of halogens is 1. The molecule has 2 aromatic heterocycles. The molecule has 0 unspecified atom stereocenters. The maximum Gasteiger partial charge on any atom is 0.374 e. The highest BCUT2D eigenvalue weighted by Crippen LogP contribution is 2.23. The Labute approximate surface area is 111 Å². The van der Waals surface area contributed by atoms with Crippen molar-refractivity contribution in [2.75, 3.05) is 0 Å². The van der Waals surface area contributed by atoms with Crippen LogP contribution in [0.3, 0.4) is 0 Å². The number of rotatable bonds is 3. The molecule has 0 saturated carbocycles. The monoisotopic (exact) mass is 274 g/mol. The Morgan fingerprint density at radius 3 is 2.80 bits per heavy atom. The number of carboxylic acids is 1. The standard InChI is InChI=1S/C12H7FN4O3/c13-8-3-7(9-4-11(12(18)19)20-16-9)1-2-10(8)17-6-14-5-15-17/h1-6H,(H,18,19). The van der Waals surface area contributed by atoms with Crippen LogP contribution >= 0.6 is 0 Å². The molecule has 0 fully saturated rings. The molecule has 0 aliphatic heterocycles. The summed E-state index contributed by atoms with van der Waals surface area (Å²) in [5.41, 5.74) is 0.877. The highest BCUT2D eigenvalue weighted by molar-refractivity contribution is 5.85. The molecule has 0 atom stereocenters. The molecule has 100 valence electrons.